The van der Waals surface area contributed by atoms with Gasteiger partial charge in [-0.25, -0.2) is 0 Å². The summed E-state index contributed by atoms with van der Waals surface area (Å²) in [5, 5.41) is 2.97. The van der Waals surface area contributed by atoms with Gasteiger partial charge in [0.2, 0.25) is 11.8 Å². The van der Waals surface area contributed by atoms with Crippen LogP contribution in [0.15, 0.2) is 0 Å². The second-order valence-electron chi connectivity index (χ2n) is 6.91. The molecule has 1 unspecified atom stereocenters. The molecule has 114 valence electrons. The molecule has 1 aliphatic heterocycles. The molecule has 1 aliphatic carbocycles. The van der Waals surface area contributed by atoms with E-state index < -0.39 is 5.54 Å². The van der Waals surface area contributed by atoms with Crippen molar-refractivity contribution in [3.8, 4) is 0 Å². The third kappa shape index (κ3) is 2.45. The average molecular weight is 280 g/mol. The number of amides is 2. The molecule has 0 bridgehead atoms. The van der Waals surface area contributed by atoms with Crippen LogP contribution in [-0.4, -0.2) is 34.8 Å². The fourth-order valence-electron chi connectivity index (χ4n) is 3.72. The van der Waals surface area contributed by atoms with Crippen LogP contribution in [0.3, 0.4) is 0 Å². The largest absolute Gasteiger partial charge is 0.340 e. The summed E-state index contributed by atoms with van der Waals surface area (Å²) >= 11 is 0. The Balaban J connectivity index is 2.24. The number of nitrogens with zero attached hydrogens (tertiary/aromatic N) is 1. The van der Waals surface area contributed by atoms with Crippen LogP contribution in [0.5, 0.6) is 0 Å². The maximum Gasteiger partial charge on any atom is 0.248 e. The summed E-state index contributed by atoms with van der Waals surface area (Å²) in [4.78, 5) is 27.0. The van der Waals surface area contributed by atoms with E-state index in [2.05, 4.69) is 12.2 Å². The lowest BCUT2D eigenvalue weighted by Gasteiger charge is -2.47. The predicted molar refractivity (Wildman–Crippen MR) is 79.2 cm³/mol. The number of hydrogen-bond acceptors (Lipinski definition) is 2. The van der Waals surface area contributed by atoms with Crippen molar-refractivity contribution >= 4 is 11.8 Å². The lowest BCUT2D eigenvalue weighted by atomic mass is 9.83. The van der Waals surface area contributed by atoms with E-state index in [4.69, 9.17) is 0 Å². The molecule has 1 heterocycles. The highest BCUT2D eigenvalue weighted by Gasteiger charge is 2.49. The van der Waals surface area contributed by atoms with Gasteiger partial charge in [-0.1, -0.05) is 33.6 Å². The molecule has 0 aromatic carbocycles. The third-order valence-corrected chi connectivity index (χ3v) is 5.45. The van der Waals surface area contributed by atoms with Crippen molar-refractivity contribution in [1.29, 1.82) is 0 Å². The molecule has 1 saturated carbocycles. The van der Waals surface area contributed by atoms with E-state index in [9.17, 15) is 9.59 Å². The smallest absolute Gasteiger partial charge is 0.248 e. The molecule has 0 aromatic heterocycles. The van der Waals surface area contributed by atoms with Gasteiger partial charge in [0.25, 0.3) is 0 Å². The standard InChI is InChI=1S/C16H28N2O2/c1-5-16(6-2)14(20)18(12(3)13(19)17-16)11-15(4)9-7-8-10-15/h12H,5-11H2,1-4H3,(H,17,19). The lowest BCUT2D eigenvalue weighted by Crippen LogP contribution is -2.70. The summed E-state index contributed by atoms with van der Waals surface area (Å²) in [6.45, 7) is 8.79. The van der Waals surface area contributed by atoms with Gasteiger partial charge in [0.15, 0.2) is 0 Å². The SMILES string of the molecule is CCC1(CC)NC(=O)C(C)N(CC2(C)CCCC2)C1=O. The molecule has 0 aromatic rings. The van der Waals surface area contributed by atoms with Crippen molar-refractivity contribution in [2.24, 2.45) is 5.41 Å². The second kappa shape index (κ2) is 5.38. The van der Waals surface area contributed by atoms with E-state index in [0.29, 0.717) is 12.8 Å². The number of piperazine rings is 1. The first-order valence-electron chi connectivity index (χ1n) is 8.00. The Labute approximate surface area is 122 Å². The minimum Gasteiger partial charge on any atom is -0.340 e. The molecular weight excluding hydrogens is 252 g/mol. The first-order chi connectivity index (χ1) is 9.37. The van der Waals surface area contributed by atoms with Gasteiger partial charge in [-0.15, -0.1) is 0 Å². The Morgan fingerprint density at radius 1 is 1.20 bits per heavy atom. The summed E-state index contributed by atoms with van der Waals surface area (Å²) in [6.07, 6.45) is 6.13. The highest BCUT2D eigenvalue weighted by atomic mass is 16.2. The highest BCUT2D eigenvalue weighted by molar-refractivity contribution is 5.99. The molecule has 2 aliphatic rings. The summed E-state index contributed by atoms with van der Waals surface area (Å²) in [6, 6.07) is -0.342. The van der Waals surface area contributed by atoms with Crippen molar-refractivity contribution in [2.45, 2.75) is 77.8 Å². The van der Waals surface area contributed by atoms with Gasteiger partial charge in [-0.2, -0.15) is 0 Å². The summed E-state index contributed by atoms with van der Waals surface area (Å²) < 4.78 is 0. The van der Waals surface area contributed by atoms with E-state index >= 15 is 0 Å². The number of carbonyl (C=O) groups excluding carboxylic acids is 2. The molecule has 4 nitrogen and oxygen atoms in total. The van der Waals surface area contributed by atoms with Gasteiger partial charge in [0, 0.05) is 6.54 Å². The zero-order valence-electron chi connectivity index (χ0n) is 13.3. The molecule has 2 rings (SSSR count). The Kier molecular flexibility index (Phi) is 4.12. The molecule has 20 heavy (non-hydrogen) atoms. The van der Waals surface area contributed by atoms with Crippen LogP contribution in [0.1, 0.15) is 66.2 Å². The molecular formula is C16H28N2O2. The Morgan fingerprint density at radius 3 is 2.25 bits per heavy atom. The van der Waals surface area contributed by atoms with Crippen molar-refractivity contribution in [3.05, 3.63) is 0 Å². The van der Waals surface area contributed by atoms with Gasteiger partial charge >= 0.3 is 0 Å². The van der Waals surface area contributed by atoms with E-state index in [1.807, 2.05) is 25.7 Å². The minimum atomic E-state index is -0.682. The zero-order chi connectivity index (χ0) is 15.0. The lowest BCUT2D eigenvalue weighted by molar-refractivity contribution is -0.156. The van der Waals surface area contributed by atoms with Crippen molar-refractivity contribution in [1.82, 2.24) is 10.2 Å². The fraction of sp³-hybridized carbons (Fsp3) is 0.875. The molecule has 2 fully saturated rings. The minimum absolute atomic E-state index is 0.00473. The maximum absolute atomic E-state index is 12.9. The fourth-order valence-corrected chi connectivity index (χ4v) is 3.72. The van der Waals surface area contributed by atoms with Crippen LogP contribution in [0, 0.1) is 5.41 Å². The molecule has 1 atom stereocenters. The normalized spacial score (nSPS) is 28.6. The van der Waals surface area contributed by atoms with Gasteiger partial charge < -0.3 is 10.2 Å². The number of hydrogen-bond donors (Lipinski definition) is 1. The van der Waals surface area contributed by atoms with Crippen LogP contribution in [0.2, 0.25) is 0 Å². The zero-order valence-corrected chi connectivity index (χ0v) is 13.3. The van der Waals surface area contributed by atoms with E-state index in [1.54, 1.807) is 0 Å². The Hall–Kier alpha value is -1.06. The average Bonchev–Trinajstić information content (AvgIpc) is 2.86. The van der Waals surface area contributed by atoms with Gasteiger partial charge in [-0.05, 0) is 38.0 Å². The quantitative estimate of drug-likeness (QED) is 0.860. The first-order valence-corrected chi connectivity index (χ1v) is 8.00. The van der Waals surface area contributed by atoms with E-state index in [0.717, 1.165) is 19.4 Å². The molecule has 4 heteroatoms. The van der Waals surface area contributed by atoms with Crippen LogP contribution < -0.4 is 5.32 Å². The third-order valence-electron chi connectivity index (χ3n) is 5.45. The highest BCUT2D eigenvalue weighted by Crippen LogP contribution is 2.39. The van der Waals surface area contributed by atoms with Gasteiger partial charge in [-0.3, -0.25) is 9.59 Å². The van der Waals surface area contributed by atoms with Crippen LogP contribution in [0.25, 0.3) is 0 Å². The van der Waals surface area contributed by atoms with Crippen molar-refractivity contribution in [3.63, 3.8) is 0 Å². The summed E-state index contributed by atoms with van der Waals surface area (Å²) in [5.74, 6) is 0.109. The van der Waals surface area contributed by atoms with E-state index in [1.165, 1.54) is 12.8 Å². The Bertz CT molecular complexity index is 395. The molecule has 1 N–H and O–H groups in total. The summed E-state index contributed by atoms with van der Waals surface area (Å²) in [5.41, 5.74) is -0.493. The second-order valence-corrected chi connectivity index (χ2v) is 6.91. The molecule has 1 saturated heterocycles. The maximum atomic E-state index is 12.9. The molecule has 0 radical (unpaired) electrons. The van der Waals surface area contributed by atoms with Crippen LogP contribution in [0.4, 0.5) is 0 Å². The monoisotopic (exact) mass is 280 g/mol. The molecule has 2 amide bonds. The Morgan fingerprint density at radius 2 is 1.75 bits per heavy atom. The number of rotatable bonds is 4. The predicted octanol–water partition coefficient (Wildman–Crippen LogP) is 2.47. The number of carbonyl (C=O) groups is 2. The van der Waals surface area contributed by atoms with Crippen LogP contribution in [-0.2, 0) is 9.59 Å². The summed E-state index contributed by atoms with van der Waals surface area (Å²) in [7, 11) is 0. The topological polar surface area (TPSA) is 49.4 Å². The van der Waals surface area contributed by atoms with E-state index in [-0.39, 0.29) is 23.3 Å². The van der Waals surface area contributed by atoms with Crippen molar-refractivity contribution in [2.75, 3.05) is 6.54 Å². The van der Waals surface area contributed by atoms with Crippen LogP contribution >= 0.6 is 0 Å². The van der Waals surface area contributed by atoms with Crippen molar-refractivity contribution < 1.29 is 9.59 Å². The first kappa shape index (κ1) is 15.3. The van der Waals surface area contributed by atoms with Gasteiger partial charge in [0.05, 0.1) is 0 Å². The molecule has 0 spiro atoms. The van der Waals surface area contributed by atoms with Gasteiger partial charge in [0.1, 0.15) is 11.6 Å². The number of nitrogens with one attached hydrogen (secondary N) is 1.